The van der Waals surface area contributed by atoms with E-state index in [1.54, 1.807) is 0 Å². The summed E-state index contributed by atoms with van der Waals surface area (Å²) in [7, 11) is 0. The molecule has 1 aliphatic carbocycles. The predicted octanol–water partition coefficient (Wildman–Crippen LogP) is 4.13. The highest BCUT2D eigenvalue weighted by molar-refractivity contribution is 5.75. The molecular formula is C32H35O7-. The summed E-state index contributed by atoms with van der Waals surface area (Å²) in [6.07, 6.45) is 1.29. The number of benzene rings is 3. The normalized spacial score (nSPS) is 17.4. The maximum atomic E-state index is 11.3. The van der Waals surface area contributed by atoms with E-state index >= 15 is 0 Å². The Morgan fingerprint density at radius 2 is 1.82 bits per heavy atom. The number of carbonyl (C=O) groups excluding carboxylic acids is 1. The van der Waals surface area contributed by atoms with Crippen molar-refractivity contribution < 1.29 is 34.3 Å². The predicted molar refractivity (Wildman–Crippen MR) is 145 cm³/mol. The maximum Gasteiger partial charge on any atom is 0.127 e. The molecule has 1 spiro atoms. The van der Waals surface area contributed by atoms with Crippen molar-refractivity contribution in [2.75, 3.05) is 13.2 Å². The molecule has 2 atom stereocenters. The third-order valence-electron chi connectivity index (χ3n) is 7.97. The molecular weight excluding hydrogens is 496 g/mol. The average molecular weight is 532 g/mol. The summed E-state index contributed by atoms with van der Waals surface area (Å²) in [6.45, 7) is 6.67. The van der Waals surface area contributed by atoms with E-state index in [9.17, 15) is 15.0 Å². The quantitative estimate of drug-likeness (QED) is 0.383. The SMILES string of the molecule is Cc1cc(OCC[C@@H](O)CO)cc(C)c1-c1cccc(COc2ccc3c(c2)OC2(CC2)C3CC(=O)[O-])c1C. The monoisotopic (exact) mass is 531 g/mol. The fourth-order valence-electron chi connectivity index (χ4n) is 5.70. The van der Waals surface area contributed by atoms with Gasteiger partial charge >= 0.3 is 0 Å². The number of aryl methyl sites for hydroxylation is 2. The lowest BCUT2D eigenvalue weighted by molar-refractivity contribution is -0.306. The van der Waals surface area contributed by atoms with E-state index in [-0.39, 0.29) is 24.5 Å². The number of carboxylic acid groups (broad SMARTS) is 1. The van der Waals surface area contributed by atoms with Gasteiger partial charge in [0, 0.05) is 29.9 Å². The van der Waals surface area contributed by atoms with Gasteiger partial charge in [0.25, 0.3) is 0 Å². The van der Waals surface area contributed by atoms with Gasteiger partial charge in [0.2, 0.25) is 0 Å². The van der Waals surface area contributed by atoms with Crippen LogP contribution >= 0.6 is 0 Å². The largest absolute Gasteiger partial charge is 0.550 e. The van der Waals surface area contributed by atoms with Crippen LogP contribution in [0, 0.1) is 20.8 Å². The third-order valence-corrected chi connectivity index (χ3v) is 7.97. The minimum atomic E-state index is -1.05. The Morgan fingerprint density at radius 1 is 1.08 bits per heavy atom. The molecule has 0 radical (unpaired) electrons. The van der Waals surface area contributed by atoms with E-state index in [0.717, 1.165) is 57.5 Å². The molecule has 1 unspecified atom stereocenters. The summed E-state index contributed by atoms with van der Waals surface area (Å²) >= 11 is 0. The van der Waals surface area contributed by atoms with Crippen LogP contribution in [0.15, 0.2) is 48.5 Å². The van der Waals surface area contributed by atoms with E-state index < -0.39 is 12.1 Å². The molecule has 2 N–H and O–H groups in total. The fraction of sp³-hybridized carbons (Fsp3) is 0.406. The standard InChI is InChI=1S/C32H36O7/c1-19-13-25(37-12-9-23(34)17-33)14-20(2)31(19)26-6-4-5-22(21(26)3)18-38-24-7-8-27-28(16-30(35)36)32(10-11-32)39-29(27)15-24/h4-8,13-15,23,28,33-34H,9-12,16-18H2,1-3H3,(H,35,36)/p-1/t23-,28?/m1/s1. The van der Waals surface area contributed by atoms with E-state index in [2.05, 4.69) is 32.9 Å². The molecule has 3 aromatic carbocycles. The third kappa shape index (κ3) is 5.60. The Kier molecular flexibility index (Phi) is 7.56. The van der Waals surface area contributed by atoms with Gasteiger partial charge < -0.3 is 34.3 Å². The first kappa shape index (κ1) is 27.0. The van der Waals surface area contributed by atoms with Crippen molar-refractivity contribution in [2.45, 2.75) is 70.7 Å². The smallest absolute Gasteiger partial charge is 0.127 e. The Bertz CT molecular complexity index is 1350. The molecule has 7 heteroatoms. The van der Waals surface area contributed by atoms with Crippen molar-refractivity contribution in [3.8, 4) is 28.4 Å². The number of carbonyl (C=O) groups is 1. The summed E-state index contributed by atoms with van der Waals surface area (Å²) in [5, 5.41) is 29.8. The van der Waals surface area contributed by atoms with Crippen LogP contribution in [0.3, 0.4) is 0 Å². The number of ether oxygens (including phenoxy) is 3. The summed E-state index contributed by atoms with van der Waals surface area (Å²) in [5.41, 5.74) is 7.19. The van der Waals surface area contributed by atoms with E-state index in [1.165, 1.54) is 0 Å². The van der Waals surface area contributed by atoms with Crippen LogP contribution in [0.2, 0.25) is 0 Å². The van der Waals surface area contributed by atoms with Crippen molar-refractivity contribution in [2.24, 2.45) is 0 Å². The number of carboxylic acids is 1. The zero-order valence-corrected chi connectivity index (χ0v) is 22.7. The second-order valence-corrected chi connectivity index (χ2v) is 10.8. The first-order chi connectivity index (χ1) is 18.7. The van der Waals surface area contributed by atoms with Crippen LogP contribution in [-0.2, 0) is 11.4 Å². The lowest BCUT2D eigenvalue weighted by Crippen LogP contribution is -2.29. The maximum absolute atomic E-state index is 11.3. The lowest BCUT2D eigenvalue weighted by Gasteiger charge is -2.18. The molecule has 206 valence electrons. The van der Waals surface area contributed by atoms with E-state index in [0.29, 0.717) is 31.1 Å². The highest BCUT2D eigenvalue weighted by Gasteiger charge is 2.57. The molecule has 1 aliphatic heterocycles. The van der Waals surface area contributed by atoms with Crippen LogP contribution in [0.1, 0.15) is 59.4 Å². The molecule has 7 nitrogen and oxygen atoms in total. The zero-order chi connectivity index (χ0) is 27.7. The minimum Gasteiger partial charge on any atom is -0.550 e. The van der Waals surface area contributed by atoms with Gasteiger partial charge in [-0.1, -0.05) is 24.3 Å². The Labute approximate surface area is 229 Å². The van der Waals surface area contributed by atoms with Crippen LogP contribution in [0.5, 0.6) is 17.2 Å². The number of hydrogen-bond acceptors (Lipinski definition) is 7. The second kappa shape index (κ2) is 10.9. The van der Waals surface area contributed by atoms with Gasteiger partial charge in [0.05, 0.1) is 19.3 Å². The first-order valence-electron chi connectivity index (χ1n) is 13.5. The number of fused-ring (bicyclic) bond motifs is 1. The van der Waals surface area contributed by atoms with Gasteiger partial charge in [-0.05, 0) is 91.6 Å². The van der Waals surface area contributed by atoms with Crippen molar-refractivity contribution in [1.82, 2.24) is 0 Å². The zero-order valence-electron chi connectivity index (χ0n) is 22.7. The van der Waals surface area contributed by atoms with Gasteiger partial charge in [-0.15, -0.1) is 0 Å². The molecule has 0 saturated heterocycles. The Hall–Kier alpha value is -3.55. The molecule has 1 fully saturated rings. The highest BCUT2D eigenvalue weighted by atomic mass is 16.5. The topological polar surface area (TPSA) is 108 Å². The minimum absolute atomic E-state index is 0.0298. The molecule has 5 rings (SSSR count). The molecule has 2 aliphatic rings. The highest BCUT2D eigenvalue weighted by Crippen LogP contribution is 2.59. The molecule has 3 aromatic rings. The lowest BCUT2D eigenvalue weighted by atomic mass is 9.90. The number of hydrogen-bond donors (Lipinski definition) is 2. The van der Waals surface area contributed by atoms with Crippen molar-refractivity contribution >= 4 is 5.97 Å². The van der Waals surface area contributed by atoms with Gasteiger partial charge in [-0.3, -0.25) is 0 Å². The van der Waals surface area contributed by atoms with E-state index in [1.807, 2.05) is 36.4 Å². The summed E-state index contributed by atoms with van der Waals surface area (Å²) in [4.78, 5) is 11.3. The van der Waals surface area contributed by atoms with Gasteiger partial charge in [0.15, 0.2) is 0 Å². The number of aliphatic carboxylic acids is 1. The fourth-order valence-corrected chi connectivity index (χ4v) is 5.70. The van der Waals surface area contributed by atoms with Gasteiger partial charge in [0.1, 0.15) is 29.5 Å². The molecule has 39 heavy (non-hydrogen) atoms. The second-order valence-electron chi connectivity index (χ2n) is 10.8. The van der Waals surface area contributed by atoms with Crippen LogP contribution < -0.4 is 19.3 Å². The summed E-state index contributed by atoms with van der Waals surface area (Å²) in [5.74, 6) is 0.916. The van der Waals surface area contributed by atoms with Crippen molar-refractivity contribution in [3.63, 3.8) is 0 Å². The molecule has 0 bridgehead atoms. The van der Waals surface area contributed by atoms with Crippen LogP contribution in [0.25, 0.3) is 11.1 Å². The summed E-state index contributed by atoms with van der Waals surface area (Å²) in [6, 6.07) is 15.9. The molecule has 1 heterocycles. The van der Waals surface area contributed by atoms with Gasteiger partial charge in [-0.25, -0.2) is 0 Å². The first-order valence-corrected chi connectivity index (χ1v) is 13.5. The van der Waals surface area contributed by atoms with Crippen LogP contribution in [0.4, 0.5) is 0 Å². The number of rotatable bonds is 11. The van der Waals surface area contributed by atoms with E-state index in [4.69, 9.17) is 19.3 Å². The Morgan fingerprint density at radius 3 is 2.49 bits per heavy atom. The summed E-state index contributed by atoms with van der Waals surface area (Å²) < 4.78 is 18.2. The van der Waals surface area contributed by atoms with Crippen molar-refractivity contribution in [1.29, 1.82) is 0 Å². The number of aliphatic hydroxyl groups is 2. The average Bonchev–Trinajstić information content (AvgIpc) is 3.61. The van der Waals surface area contributed by atoms with Crippen LogP contribution in [-0.4, -0.2) is 41.1 Å². The van der Waals surface area contributed by atoms with Gasteiger partial charge in [-0.2, -0.15) is 0 Å². The van der Waals surface area contributed by atoms with Crippen molar-refractivity contribution in [3.05, 3.63) is 76.3 Å². The molecule has 0 aromatic heterocycles. The number of aliphatic hydroxyl groups excluding tert-OH is 2. The Balaban J connectivity index is 1.30. The molecule has 0 amide bonds. The molecule has 1 saturated carbocycles.